The number of ether oxygens (including phenoxy) is 1. The third-order valence-corrected chi connectivity index (χ3v) is 3.89. The maximum absolute atomic E-state index is 12.9. The number of nitrogens with zero attached hydrogens (tertiary/aromatic N) is 2. The van der Waals surface area contributed by atoms with Gasteiger partial charge in [0.1, 0.15) is 11.6 Å². The second kappa shape index (κ2) is 8.80. The Kier molecular flexibility index (Phi) is 5.99. The lowest BCUT2D eigenvalue weighted by Crippen LogP contribution is -2.08. The molecule has 138 valence electrons. The van der Waals surface area contributed by atoms with Gasteiger partial charge in [-0.25, -0.2) is 9.07 Å². The van der Waals surface area contributed by atoms with Gasteiger partial charge in [0.05, 0.1) is 18.1 Å². The number of aromatic nitrogens is 2. The number of aryl methyl sites for hydroxylation is 1. The molecule has 0 aliphatic heterocycles. The molecule has 0 spiro atoms. The molecule has 0 bridgehead atoms. The third kappa shape index (κ3) is 5.54. The van der Waals surface area contributed by atoms with Crippen LogP contribution in [0.5, 0.6) is 5.75 Å². The van der Waals surface area contributed by atoms with E-state index >= 15 is 0 Å². The van der Waals surface area contributed by atoms with Gasteiger partial charge < -0.3 is 10.1 Å². The molecule has 0 aliphatic rings. The molecule has 0 atom stereocenters. The molecule has 6 heteroatoms. The molecular formula is C21H20FN3O2. The van der Waals surface area contributed by atoms with Gasteiger partial charge in [-0.15, -0.1) is 0 Å². The molecule has 5 nitrogen and oxygen atoms in total. The van der Waals surface area contributed by atoms with Gasteiger partial charge in [-0.2, -0.15) is 5.10 Å². The molecule has 3 aromatic rings. The van der Waals surface area contributed by atoms with Crippen molar-refractivity contribution >= 4 is 17.7 Å². The van der Waals surface area contributed by atoms with Gasteiger partial charge in [-0.05, 0) is 47.9 Å². The Bertz CT molecular complexity index is 915. The molecule has 1 aromatic heterocycles. The summed E-state index contributed by atoms with van der Waals surface area (Å²) in [6, 6.07) is 13.8. The summed E-state index contributed by atoms with van der Waals surface area (Å²) in [5, 5.41) is 6.88. The van der Waals surface area contributed by atoms with Gasteiger partial charge in [0.2, 0.25) is 5.91 Å². The van der Waals surface area contributed by atoms with E-state index in [1.807, 2.05) is 24.3 Å². The predicted molar refractivity (Wildman–Crippen MR) is 103 cm³/mol. The van der Waals surface area contributed by atoms with Crippen molar-refractivity contribution in [2.45, 2.75) is 20.1 Å². The van der Waals surface area contributed by atoms with Crippen molar-refractivity contribution in [2.75, 3.05) is 5.32 Å². The Morgan fingerprint density at radius 2 is 1.93 bits per heavy atom. The lowest BCUT2D eigenvalue weighted by molar-refractivity contribution is -0.111. The molecule has 1 amide bonds. The minimum absolute atomic E-state index is 0.243. The Labute approximate surface area is 157 Å². The number of nitrogens with one attached hydrogen (secondary N) is 1. The third-order valence-electron chi connectivity index (χ3n) is 3.89. The lowest BCUT2D eigenvalue weighted by atomic mass is 10.2. The Morgan fingerprint density at radius 3 is 2.63 bits per heavy atom. The molecule has 0 saturated heterocycles. The van der Waals surface area contributed by atoms with E-state index in [-0.39, 0.29) is 18.5 Å². The fourth-order valence-corrected chi connectivity index (χ4v) is 2.39. The van der Waals surface area contributed by atoms with Crippen LogP contribution in [0.1, 0.15) is 18.1 Å². The average molecular weight is 365 g/mol. The van der Waals surface area contributed by atoms with Crippen molar-refractivity contribution in [1.82, 2.24) is 9.78 Å². The quantitative estimate of drug-likeness (QED) is 0.636. The number of rotatable bonds is 7. The zero-order valence-electron chi connectivity index (χ0n) is 14.9. The van der Waals surface area contributed by atoms with Crippen LogP contribution in [0.2, 0.25) is 0 Å². The fraction of sp³-hybridized carbons (Fsp3) is 0.143. The lowest BCUT2D eigenvalue weighted by Gasteiger charge is -2.06. The van der Waals surface area contributed by atoms with E-state index in [0.29, 0.717) is 5.69 Å². The highest BCUT2D eigenvalue weighted by Crippen LogP contribution is 2.14. The van der Waals surface area contributed by atoms with E-state index in [2.05, 4.69) is 17.3 Å². The van der Waals surface area contributed by atoms with Crippen LogP contribution in [-0.2, 0) is 17.9 Å². The normalized spacial score (nSPS) is 10.9. The molecule has 3 rings (SSSR count). The first kappa shape index (κ1) is 18.4. The molecule has 2 aromatic carbocycles. The molecule has 0 aliphatic carbocycles. The number of halogens is 1. The highest BCUT2D eigenvalue weighted by atomic mass is 19.1. The summed E-state index contributed by atoms with van der Waals surface area (Å²) in [5.74, 6) is 0.151. The Morgan fingerprint density at radius 1 is 1.19 bits per heavy atom. The largest absolute Gasteiger partial charge is 0.471 e. The first-order chi connectivity index (χ1) is 13.1. The first-order valence-electron chi connectivity index (χ1n) is 8.61. The van der Waals surface area contributed by atoms with Crippen LogP contribution in [0.25, 0.3) is 6.08 Å². The van der Waals surface area contributed by atoms with E-state index in [0.717, 1.165) is 17.7 Å². The van der Waals surface area contributed by atoms with Crippen LogP contribution < -0.4 is 10.1 Å². The monoisotopic (exact) mass is 365 g/mol. The number of carbonyl (C=O) groups excluding carboxylic acids is 1. The van der Waals surface area contributed by atoms with Gasteiger partial charge in [0.15, 0.2) is 6.73 Å². The number of carbonyl (C=O) groups is 1. The standard InChI is InChI=1S/C21H20FN3O2/c1-2-16-5-10-20(11-6-16)27-15-25-14-19(13-23-25)24-21(26)12-7-17-3-8-18(22)9-4-17/h3-14H,2,15H2,1H3,(H,24,26)/b12-7+. The summed E-state index contributed by atoms with van der Waals surface area (Å²) < 4.78 is 20.1. The maximum Gasteiger partial charge on any atom is 0.248 e. The summed E-state index contributed by atoms with van der Waals surface area (Å²) >= 11 is 0. The number of amides is 1. The molecule has 27 heavy (non-hydrogen) atoms. The van der Waals surface area contributed by atoms with Crippen molar-refractivity contribution in [1.29, 1.82) is 0 Å². The van der Waals surface area contributed by atoms with Gasteiger partial charge in [0.25, 0.3) is 0 Å². The molecule has 0 radical (unpaired) electrons. The van der Waals surface area contributed by atoms with Crippen molar-refractivity contribution in [2.24, 2.45) is 0 Å². The molecule has 0 saturated carbocycles. The van der Waals surface area contributed by atoms with E-state index in [1.165, 1.54) is 23.8 Å². The van der Waals surface area contributed by atoms with Gasteiger partial charge >= 0.3 is 0 Å². The molecule has 1 N–H and O–H groups in total. The van der Waals surface area contributed by atoms with Gasteiger partial charge in [-0.1, -0.05) is 31.2 Å². The van der Waals surface area contributed by atoms with Crippen LogP contribution in [-0.4, -0.2) is 15.7 Å². The first-order valence-corrected chi connectivity index (χ1v) is 8.61. The van der Waals surface area contributed by atoms with Crippen LogP contribution in [0.4, 0.5) is 10.1 Å². The minimum Gasteiger partial charge on any atom is -0.471 e. The highest BCUT2D eigenvalue weighted by Gasteiger charge is 2.03. The van der Waals surface area contributed by atoms with Crippen molar-refractivity contribution in [3.05, 3.63) is 83.9 Å². The van der Waals surface area contributed by atoms with Gasteiger partial charge in [0, 0.05) is 6.08 Å². The Hall–Kier alpha value is -3.41. The van der Waals surface area contributed by atoms with Crippen molar-refractivity contribution in [3.63, 3.8) is 0 Å². The summed E-state index contributed by atoms with van der Waals surface area (Å²) in [7, 11) is 0. The second-order valence-corrected chi connectivity index (χ2v) is 5.91. The fourth-order valence-electron chi connectivity index (χ4n) is 2.39. The zero-order valence-corrected chi connectivity index (χ0v) is 14.9. The summed E-state index contributed by atoms with van der Waals surface area (Å²) in [6.45, 7) is 2.34. The van der Waals surface area contributed by atoms with Crippen molar-refractivity contribution in [3.8, 4) is 5.75 Å². The predicted octanol–water partition coefficient (Wildman–Crippen LogP) is 4.27. The van der Waals surface area contributed by atoms with Crippen LogP contribution in [0.3, 0.4) is 0 Å². The molecule has 0 unspecified atom stereocenters. The summed E-state index contributed by atoms with van der Waals surface area (Å²) in [6.07, 6.45) is 7.22. The molecule has 1 heterocycles. The van der Waals surface area contributed by atoms with E-state index < -0.39 is 0 Å². The number of hydrogen-bond donors (Lipinski definition) is 1. The van der Waals surface area contributed by atoms with Gasteiger partial charge in [-0.3, -0.25) is 4.79 Å². The van der Waals surface area contributed by atoms with Crippen LogP contribution in [0.15, 0.2) is 67.0 Å². The van der Waals surface area contributed by atoms with Crippen LogP contribution >= 0.6 is 0 Å². The maximum atomic E-state index is 12.9. The van der Waals surface area contributed by atoms with E-state index in [4.69, 9.17) is 4.74 Å². The number of hydrogen-bond acceptors (Lipinski definition) is 3. The smallest absolute Gasteiger partial charge is 0.248 e. The van der Waals surface area contributed by atoms with E-state index in [1.54, 1.807) is 35.3 Å². The van der Waals surface area contributed by atoms with E-state index in [9.17, 15) is 9.18 Å². The number of benzene rings is 2. The average Bonchev–Trinajstić information content (AvgIpc) is 3.13. The highest BCUT2D eigenvalue weighted by molar-refractivity contribution is 6.01. The minimum atomic E-state index is -0.312. The van der Waals surface area contributed by atoms with Crippen molar-refractivity contribution < 1.29 is 13.9 Å². The summed E-state index contributed by atoms with van der Waals surface area (Å²) in [5.41, 5.74) is 2.55. The molecule has 0 fully saturated rings. The van der Waals surface area contributed by atoms with Crippen LogP contribution in [0, 0.1) is 5.82 Å². The topological polar surface area (TPSA) is 56.1 Å². The Balaban J connectivity index is 1.50. The zero-order chi connectivity index (χ0) is 19.1. The SMILES string of the molecule is CCc1ccc(OCn2cc(NC(=O)/C=C/c3ccc(F)cc3)cn2)cc1. The molecular weight excluding hydrogens is 345 g/mol. The number of anilines is 1. The summed E-state index contributed by atoms with van der Waals surface area (Å²) in [4.78, 5) is 12.0. The second-order valence-electron chi connectivity index (χ2n) is 5.91.